The Balaban J connectivity index is 1.79. The minimum Gasteiger partial charge on any atom is -0.450 e. The SMILES string of the molecule is CCOC(=O)N1CCC(n2c(=O)[nH]c3ccccc32)CC1. The van der Waals surface area contributed by atoms with Crippen LogP contribution in [0.3, 0.4) is 0 Å². The second kappa shape index (κ2) is 5.63. The van der Waals surface area contributed by atoms with Gasteiger partial charge in [0.15, 0.2) is 0 Å². The molecule has 1 aliphatic rings. The monoisotopic (exact) mass is 289 g/mol. The lowest BCUT2D eigenvalue weighted by Crippen LogP contribution is -2.40. The molecule has 1 fully saturated rings. The van der Waals surface area contributed by atoms with Crippen molar-refractivity contribution in [3.8, 4) is 0 Å². The Labute approximate surface area is 122 Å². The van der Waals surface area contributed by atoms with Crippen LogP contribution in [0.25, 0.3) is 11.0 Å². The summed E-state index contributed by atoms with van der Waals surface area (Å²) in [5, 5.41) is 0. The number of carbonyl (C=O) groups excluding carboxylic acids is 1. The molecular formula is C15H19N3O3. The number of rotatable bonds is 2. The number of amides is 1. The molecule has 6 heteroatoms. The highest BCUT2D eigenvalue weighted by molar-refractivity contribution is 5.75. The van der Waals surface area contributed by atoms with Crippen LogP contribution in [-0.2, 0) is 4.74 Å². The lowest BCUT2D eigenvalue weighted by atomic mass is 10.0. The Hall–Kier alpha value is -2.24. The molecule has 1 aliphatic heterocycles. The molecule has 6 nitrogen and oxygen atoms in total. The molecule has 112 valence electrons. The number of ether oxygens (including phenoxy) is 1. The van der Waals surface area contributed by atoms with E-state index in [1.807, 2.05) is 28.8 Å². The number of nitrogens with zero attached hydrogens (tertiary/aromatic N) is 2. The van der Waals surface area contributed by atoms with Crippen LogP contribution in [0.1, 0.15) is 25.8 Å². The van der Waals surface area contributed by atoms with Gasteiger partial charge in [-0.2, -0.15) is 0 Å². The number of hydrogen-bond acceptors (Lipinski definition) is 3. The molecule has 0 aliphatic carbocycles. The molecule has 2 aromatic rings. The standard InChI is InChI=1S/C15H19N3O3/c1-2-21-15(20)17-9-7-11(8-10-17)18-13-6-4-3-5-12(13)16-14(18)19/h3-6,11H,2,7-10H2,1H3,(H,16,19). The van der Waals surface area contributed by atoms with E-state index in [0.29, 0.717) is 19.7 Å². The number of piperidine rings is 1. The third kappa shape index (κ3) is 2.53. The summed E-state index contributed by atoms with van der Waals surface area (Å²) in [4.78, 5) is 28.4. The van der Waals surface area contributed by atoms with E-state index in [-0.39, 0.29) is 17.8 Å². The number of benzene rings is 1. The van der Waals surface area contributed by atoms with Crippen LogP contribution < -0.4 is 5.69 Å². The Kier molecular flexibility index (Phi) is 3.68. The topological polar surface area (TPSA) is 67.3 Å². The zero-order chi connectivity index (χ0) is 14.8. The van der Waals surface area contributed by atoms with Crippen LogP contribution in [0.5, 0.6) is 0 Å². The summed E-state index contributed by atoms with van der Waals surface area (Å²) in [6.45, 7) is 3.43. The molecule has 1 amide bonds. The van der Waals surface area contributed by atoms with Crippen molar-refractivity contribution in [2.45, 2.75) is 25.8 Å². The molecule has 3 rings (SSSR count). The highest BCUT2D eigenvalue weighted by atomic mass is 16.6. The van der Waals surface area contributed by atoms with Crippen molar-refractivity contribution in [3.05, 3.63) is 34.7 Å². The third-order valence-electron chi connectivity index (χ3n) is 3.98. The Bertz CT molecular complexity index is 695. The molecule has 1 aromatic heterocycles. The van der Waals surface area contributed by atoms with Gasteiger partial charge in [-0.25, -0.2) is 9.59 Å². The lowest BCUT2D eigenvalue weighted by Gasteiger charge is -2.31. The summed E-state index contributed by atoms with van der Waals surface area (Å²) >= 11 is 0. The number of H-pyrrole nitrogens is 1. The average molecular weight is 289 g/mol. The number of fused-ring (bicyclic) bond motifs is 1. The molecule has 21 heavy (non-hydrogen) atoms. The van der Waals surface area contributed by atoms with E-state index in [9.17, 15) is 9.59 Å². The zero-order valence-electron chi connectivity index (χ0n) is 12.0. The molecule has 1 aromatic carbocycles. The van der Waals surface area contributed by atoms with E-state index in [0.717, 1.165) is 23.9 Å². The molecule has 2 heterocycles. The van der Waals surface area contributed by atoms with E-state index >= 15 is 0 Å². The van der Waals surface area contributed by atoms with Crippen molar-refractivity contribution >= 4 is 17.1 Å². The quantitative estimate of drug-likeness (QED) is 0.921. The predicted molar refractivity (Wildman–Crippen MR) is 79.4 cm³/mol. The number of imidazole rings is 1. The van der Waals surface area contributed by atoms with Gasteiger partial charge in [0, 0.05) is 19.1 Å². The predicted octanol–water partition coefficient (Wildman–Crippen LogP) is 2.12. The lowest BCUT2D eigenvalue weighted by molar-refractivity contribution is 0.0928. The van der Waals surface area contributed by atoms with Crippen molar-refractivity contribution in [1.82, 2.24) is 14.5 Å². The van der Waals surface area contributed by atoms with Gasteiger partial charge >= 0.3 is 11.8 Å². The van der Waals surface area contributed by atoms with Crippen LogP contribution in [0, 0.1) is 0 Å². The molecule has 0 atom stereocenters. The largest absolute Gasteiger partial charge is 0.450 e. The first-order valence-electron chi connectivity index (χ1n) is 7.31. The first kappa shape index (κ1) is 13.7. The Morgan fingerprint density at radius 1 is 1.33 bits per heavy atom. The van der Waals surface area contributed by atoms with Crippen LogP contribution in [-0.4, -0.2) is 40.2 Å². The van der Waals surface area contributed by atoms with Gasteiger partial charge in [0.2, 0.25) is 0 Å². The first-order chi connectivity index (χ1) is 10.2. The van der Waals surface area contributed by atoms with Gasteiger partial charge < -0.3 is 14.6 Å². The van der Waals surface area contributed by atoms with E-state index < -0.39 is 0 Å². The summed E-state index contributed by atoms with van der Waals surface area (Å²) in [6, 6.07) is 7.82. The number of hydrogen-bond donors (Lipinski definition) is 1. The maximum Gasteiger partial charge on any atom is 0.409 e. The van der Waals surface area contributed by atoms with Crippen LogP contribution >= 0.6 is 0 Å². The van der Waals surface area contributed by atoms with Gasteiger partial charge in [-0.3, -0.25) is 4.57 Å². The number of nitrogens with one attached hydrogen (secondary N) is 1. The van der Waals surface area contributed by atoms with Gasteiger partial charge in [-0.05, 0) is 31.9 Å². The van der Waals surface area contributed by atoms with Crippen molar-refractivity contribution < 1.29 is 9.53 Å². The highest BCUT2D eigenvalue weighted by Crippen LogP contribution is 2.24. The van der Waals surface area contributed by atoms with Crippen molar-refractivity contribution in [2.75, 3.05) is 19.7 Å². The fourth-order valence-corrected chi connectivity index (χ4v) is 2.96. The minimum absolute atomic E-state index is 0.0780. The van der Waals surface area contributed by atoms with Gasteiger partial charge in [0.1, 0.15) is 0 Å². The van der Waals surface area contributed by atoms with Gasteiger partial charge in [0.25, 0.3) is 0 Å². The van der Waals surface area contributed by atoms with Gasteiger partial charge in [-0.1, -0.05) is 12.1 Å². The second-order valence-corrected chi connectivity index (χ2v) is 5.23. The van der Waals surface area contributed by atoms with Crippen LogP contribution in [0.2, 0.25) is 0 Å². The number of aromatic nitrogens is 2. The number of aromatic amines is 1. The molecule has 0 spiro atoms. The van der Waals surface area contributed by atoms with Crippen LogP contribution in [0.4, 0.5) is 4.79 Å². The molecule has 0 radical (unpaired) electrons. The molecular weight excluding hydrogens is 270 g/mol. The summed E-state index contributed by atoms with van der Waals surface area (Å²) in [5.41, 5.74) is 1.71. The second-order valence-electron chi connectivity index (χ2n) is 5.23. The van der Waals surface area contributed by atoms with Gasteiger partial charge in [-0.15, -0.1) is 0 Å². The third-order valence-corrected chi connectivity index (χ3v) is 3.98. The Morgan fingerprint density at radius 3 is 2.76 bits per heavy atom. The molecule has 0 saturated carbocycles. The summed E-state index contributed by atoms with van der Waals surface area (Å²) in [7, 11) is 0. The molecule has 0 unspecified atom stereocenters. The molecule has 0 bridgehead atoms. The fourth-order valence-electron chi connectivity index (χ4n) is 2.96. The van der Waals surface area contributed by atoms with E-state index in [2.05, 4.69) is 4.98 Å². The van der Waals surface area contributed by atoms with Crippen LogP contribution in [0.15, 0.2) is 29.1 Å². The normalized spacial score (nSPS) is 16.3. The number of carbonyl (C=O) groups is 1. The summed E-state index contributed by atoms with van der Waals surface area (Å²) in [5.74, 6) is 0. The number of para-hydroxylation sites is 2. The summed E-state index contributed by atoms with van der Waals surface area (Å²) in [6.07, 6.45) is 1.27. The van der Waals surface area contributed by atoms with E-state index in [1.54, 1.807) is 11.8 Å². The van der Waals surface area contributed by atoms with Crippen molar-refractivity contribution in [1.29, 1.82) is 0 Å². The number of likely N-dealkylation sites (tertiary alicyclic amines) is 1. The summed E-state index contributed by atoms with van der Waals surface area (Å²) < 4.78 is 6.83. The molecule has 1 saturated heterocycles. The maximum atomic E-state index is 12.2. The fraction of sp³-hybridized carbons (Fsp3) is 0.467. The first-order valence-corrected chi connectivity index (χ1v) is 7.31. The average Bonchev–Trinajstić information content (AvgIpc) is 2.83. The maximum absolute atomic E-state index is 12.2. The van der Waals surface area contributed by atoms with E-state index in [1.165, 1.54) is 0 Å². The zero-order valence-corrected chi connectivity index (χ0v) is 12.0. The molecule has 1 N–H and O–H groups in total. The van der Waals surface area contributed by atoms with Gasteiger partial charge in [0.05, 0.1) is 17.6 Å². The van der Waals surface area contributed by atoms with Crippen molar-refractivity contribution in [2.24, 2.45) is 0 Å². The highest BCUT2D eigenvalue weighted by Gasteiger charge is 2.26. The van der Waals surface area contributed by atoms with E-state index in [4.69, 9.17) is 4.74 Å². The Morgan fingerprint density at radius 2 is 2.05 bits per heavy atom. The smallest absolute Gasteiger partial charge is 0.409 e. The minimum atomic E-state index is -0.262. The van der Waals surface area contributed by atoms with Crippen molar-refractivity contribution in [3.63, 3.8) is 0 Å².